The molecule has 1 aromatic heterocycles. The zero-order valence-electron chi connectivity index (χ0n) is 8.88. The van der Waals surface area contributed by atoms with E-state index in [1.54, 1.807) is 18.2 Å². The highest BCUT2D eigenvalue weighted by Gasteiger charge is 2.12. The summed E-state index contributed by atoms with van der Waals surface area (Å²) >= 11 is 6.82. The van der Waals surface area contributed by atoms with Crippen LogP contribution in [0.1, 0.15) is 20.8 Å². The van der Waals surface area contributed by atoms with Crippen molar-refractivity contribution < 1.29 is 14.7 Å². The first kappa shape index (κ1) is 12.5. The maximum Gasteiger partial charge on any atom is 0.355 e. The summed E-state index contributed by atoms with van der Waals surface area (Å²) in [5.74, 6) is -1.52. The van der Waals surface area contributed by atoms with E-state index in [1.165, 1.54) is 11.4 Å². The Bertz CT molecular complexity index is 612. The number of anilines is 1. The van der Waals surface area contributed by atoms with Crippen LogP contribution in [0.25, 0.3) is 0 Å². The Morgan fingerprint density at radius 2 is 2.17 bits per heavy atom. The number of rotatable bonds is 3. The van der Waals surface area contributed by atoms with Gasteiger partial charge in [-0.2, -0.15) is 0 Å². The van der Waals surface area contributed by atoms with Crippen LogP contribution in [0.4, 0.5) is 5.13 Å². The van der Waals surface area contributed by atoms with Crippen LogP contribution in [-0.4, -0.2) is 22.0 Å². The van der Waals surface area contributed by atoms with Gasteiger partial charge < -0.3 is 5.11 Å². The van der Waals surface area contributed by atoms with E-state index in [0.717, 1.165) is 11.3 Å². The number of carboxylic acids is 1. The van der Waals surface area contributed by atoms with Crippen LogP contribution in [0.3, 0.4) is 0 Å². The maximum absolute atomic E-state index is 11.8. The molecule has 0 atom stereocenters. The predicted molar refractivity (Wildman–Crippen MR) is 68.5 cm³/mol. The molecule has 0 saturated carbocycles. The fourth-order valence-corrected chi connectivity index (χ4v) is 2.10. The van der Waals surface area contributed by atoms with E-state index in [2.05, 4.69) is 10.3 Å². The number of halogens is 1. The molecule has 0 unspecified atom stereocenters. The van der Waals surface area contributed by atoms with Crippen molar-refractivity contribution >= 4 is 39.9 Å². The molecule has 5 nitrogen and oxygen atoms in total. The van der Waals surface area contributed by atoms with Crippen molar-refractivity contribution in [2.45, 2.75) is 0 Å². The van der Waals surface area contributed by atoms with E-state index in [1.807, 2.05) is 0 Å². The molecule has 0 aliphatic carbocycles. The highest BCUT2D eigenvalue weighted by Crippen LogP contribution is 2.17. The van der Waals surface area contributed by atoms with Gasteiger partial charge in [0.25, 0.3) is 5.91 Å². The van der Waals surface area contributed by atoms with Gasteiger partial charge in [-0.25, -0.2) is 9.78 Å². The average Bonchev–Trinajstić information content (AvgIpc) is 2.77. The molecule has 1 amide bonds. The summed E-state index contributed by atoms with van der Waals surface area (Å²) in [6, 6.07) is 6.43. The van der Waals surface area contributed by atoms with Crippen LogP contribution in [0.2, 0.25) is 5.02 Å². The first-order valence-corrected chi connectivity index (χ1v) is 6.08. The van der Waals surface area contributed by atoms with Gasteiger partial charge in [0, 0.05) is 16.0 Å². The molecular weight excluding hydrogens is 276 g/mol. The first-order valence-electron chi connectivity index (χ1n) is 4.82. The smallest absolute Gasteiger partial charge is 0.355 e. The van der Waals surface area contributed by atoms with E-state index in [4.69, 9.17) is 16.7 Å². The Hall–Kier alpha value is -1.92. The van der Waals surface area contributed by atoms with Gasteiger partial charge in [0.15, 0.2) is 10.8 Å². The summed E-state index contributed by atoms with van der Waals surface area (Å²) in [6.45, 7) is 0. The summed E-state index contributed by atoms with van der Waals surface area (Å²) in [5, 5.41) is 13.2. The molecule has 0 aliphatic heterocycles. The molecule has 0 saturated heterocycles. The summed E-state index contributed by atoms with van der Waals surface area (Å²) in [7, 11) is 0. The number of aromatic nitrogens is 1. The molecule has 0 aliphatic rings. The van der Waals surface area contributed by atoms with Crippen molar-refractivity contribution in [2.75, 3.05) is 5.32 Å². The Balaban J connectivity index is 2.13. The lowest BCUT2D eigenvalue weighted by Crippen LogP contribution is -2.11. The normalized spacial score (nSPS) is 10.1. The van der Waals surface area contributed by atoms with Crippen molar-refractivity contribution in [2.24, 2.45) is 0 Å². The predicted octanol–water partition coefficient (Wildman–Crippen LogP) is 2.75. The maximum atomic E-state index is 11.8. The van der Waals surface area contributed by atoms with Gasteiger partial charge in [0.05, 0.1) is 0 Å². The Morgan fingerprint density at radius 3 is 2.78 bits per heavy atom. The number of carboxylic acid groups (broad SMARTS) is 1. The van der Waals surface area contributed by atoms with Crippen molar-refractivity contribution in [1.29, 1.82) is 0 Å². The summed E-state index contributed by atoms with van der Waals surface area (Å²) in [5.41, 5.74) is 0.288. The number of nitrogens with one attached hydrogen (secondary N) is 1. The minimum absolute atomic E-state index is 0.0959. The van der Waals surface area contributed by atoms with Crippen molar-refractivity contribution in [3.63, 3.8) is 0 Å². The van der Waals surface area contributed by atoms with E-state index in [-0.39, 0.29) is 16.7 Å². The Kier molecular flexibility index (Phi) is 3.59. The standard InChI is InChI=1S/C11H7ClN2O3S/c12-7-3-1-2-6(4-7)9(15)14-11-13-8(5-18-11)10(16)17/h1-5H,(H,16,17)(H,13,14,15). The number of aromatic carboxylic acids is 1. The topological polar surface area (TPSA) is 79.3 Å². The molecule has 2 aromatic rings. The second kappa shape index (κ2) is 5.16. The largest absolute Gasteiger partial charge is 0.476 e. The average molecular weight is 283 g/mol. The van der Waals surface area contributed by atoms with E-state index >= 15 is 0 Å². The van der Waals surface area contributed by atoms with E-state index < -0.39 is 5.97 Å². The number of carbonyl (C=O) groups excluding carboxylic acids is 1. The lowest BCUT2D eigenvalue weighted by molar-refractivity contribution is 0.0691. The lowest BCUT2D eigenvalue weighted by atomic mass is 10.2. The molecule has 0 radical (unpaired) electrons. The van der Waals surface area contributed by atoms with Crippen LogP contribution >= 0.6 is 22.9 Å². The fourth-order valence-electron chi connectivity index (χ4n) is 1.23. The molecule has 2 rings (SSSR count). The molecule has 2 N–H and O–H groups in total. The third kappa shape index (κ3) is 2.85. The van der Waals surface area contributed by atoms with Gasteiger partial charge in [0.2, 0.25) is 0 Å². The second-order valence-corrected chi connectivity index (χ2v) is 4.60. The van der Waals surface area contributed by atoms with E-state index in [9.17, 15) is 9.59 Å². The van der Waals surface area contributed by atoms with E-state index in [0.29, 0.717) is 10.6 Å². The molecule has 92 valence electrons. The molecule has 0 bridgehead atoms. The number of hydrogen-bond acceptors (Lipinski definition) is 4. The van der Waals surface area contributed by atoms with Gasteiger partial charge >= 0.3 is 5.97 Å². The number of hydrogen-bond donors (Lipinski definition) is 2. The summed E-state index contributed by atoms with van der Waals surface area (Å²) < 4.78 is 0. The van der Waals surface area contributed by atoms with Crippen LogP contribution in [-0.2, 0) is 0 Å². The zero-order chi connectivity index (χ0) is 13.1. The van der Waals surface area contributed by atoms with Crippen LogP contribution in [0, 0.1) is 0 Å². The third-order valence-electron chi connectivity index (χ3n) is 2.03. The van der Waals surface area contributed by atoms with Gasteiger partial charge in [0.1, 0.15) is 0 Å². The quantitative estimate of drug-likeness (QED) is 0.907. The number of carbonyl (C=O) groups is 2. The summed E-state index contributed by atoms with van der Waals surface area (Å²) in [4.78, 5) is 26.2. The van der Waals surface area contributed by atoms with Gasteiger partial charge in [-0.15, -0.1) is 11.3 Å². The minimum Gasteiger partial charge on any atom is -0.476 e. The lowest BCUT2D eigenvalue weighted by Gasteiger charge is -2.01. The van der Waals surface area contributed by atoms with Crippen molar-refractivity contribution in [1.82, 2.24) is 4.98 Å². The number of thiazole rings is 1. The molecule has 0 spiro atoms. The monoisotopic (exact) mass is 282 g/mol. The molecule has 0 fully saturated rings. The highest BCUT2D eigenvalue weighted by molar-refractivity contribution is 7.14. The Labute approximate surface area is 111 Å². The molecule has 18 heavy (non-hydrogen) atoms. The third-order valence-corrected chi connectivity index (χ3v) is 3.02. The SMILES string of the molecule is O=C(Nc1nc(C(=O)O)cs1)c1cccc(Cl)c1. The van der Waals surface area contributed by atoms with Gasteiger partial charge in [-0.05, 0) is 18.2 Å². The fraction of sp³-hybridized carbons (Fsp3) is 0. The van der Waals surface area contributed by atoms with Gasteiger partial charge in [-0.1, -0.05) is 17.7 Å². The number of amides is 1. The molecule has 7 heteroatoms. The zero-order valence-corrected chi connectivity index (χ0v) is 10.5. The van der Waals surface area contributed by atoms with Crippen molar-refractivity contribution in [3.8, 4) is 0 Å². The summed E-state index contributed by atoms with van der Waals surface area (Å²) in [6.07, 6.45) is 0. The van der Waals surface area contributed by atoms with Crippen LogP contribution < -0.4 is 5.32 Å². The van der Waals surface area contributed by atoms with Crippen molar-refractivity contribution in [3.05, 3.63) is 45.9 Å². The molecular formula is C11H7ClN2O3S. The number of nitrogens with zero attached hydrogens (tertiary/aromatic N) is 1. The minimum atomic E-state index is -1.13. The van der Waals surface area contributed by atoms with Crippen LogP contribution in [0.15, 0.2) is 29.6 Å². The van der Waals surface area contributed by atoms with Crippen LogP contribution in [0.5, 0.6) is 0 Å². The first-order chi connectivity index (χ1) is 8.56. The Morgan fingerprint density at radius 1 is 1.39 bits per heavy atom. The molecule has 1 heterocycles. The van der Waals surface area contributed by atoms with Gasteiger partial charge in [-0.3, -0.25) is 10.1 Å². The molecule has 1 aromatic carbocycles. The second-order valence-electron chi connectivity index (χ2n) is 3.31. The number of benzene rings is 1. The highest BCUT2D eigenvalue weighted by atomic mass is 35.5.